The Morgan fingerprint density at radius 2 is 2.08 bits per heavy atom. The molecule has 0 saturated heterocycles. The van der Waals surface area contributed by atoms with Crippen LogP contribution in [0.15, 0.2) is 17.8 Å². The highest BCUT2D eigenvalue weighted by atomic mass is 32.1. The molecule has 0 aliphatic rings. The molecule has 0 spiro atoms. The summed E-state index contributed by atoms with van der Waals surface area (Å²) >= 11 is 1.25. The van der Waals surface area contributed by atoms with Gasteiger partial charge in [0, 0.05) is 36.9 Å². The maximum atomic E-state index is 12.3. The lowest BCUT2D eigenvalue weighted by molar-refractivity contribution is 0.0685. The Kier molecular flexibility index (Phi) is 3.89. The smallest absolute Gasteiger partial charge is 0.357 e. The SMILES string of the molecule is Cc1c(-c2csc(NC(=O)c3cn(C)nc3C(=O)O)n2)cnn1C. The fourth-order valence-corrected chi connectivity index (χ4v) is 2.89. The Morgan fingerprint density at radius 3 is 2.71 bits per heavy atom. The van der Waals surface area contributed by atoms with E-state index in [1.54, 1.807) is 23.3 Å². The number of aromatic carboxylic acids is 1. The van der Waals surface area contributed by atoms with Crippen LogP contribution in [-0.4, -0.2) is 41.5 Å². The third-order valence-electron chi connectivity index (χ3n) is 3.51. The van der Waals surface area contributed by atoms with Crippen molar-refractivity contribution >= 4 is 28.3 Å². The molecule has 10 heteroatoms. The second-order valence-corrected chi connectivity index (χ2v) is 5.99. The molecule has 2 N–H and O–H groups in total. The zero-order valence-electron chi connectivity index (χ0n) is 13.1. The summed E-state index contributed by atoms with van der Waals surface area (Å²) in [5, 5.41) is 21.8. The Labute approximate surface area is 140 Å². The monoisotopic (exact) mass is 346 g/mol. The van der Waals surface area contributed by atoms with Crippen LogP contribution in [0.5, 0.6) is 0 Å². The number of nitrogens with zero attached hydrogens (tertiary/aromatic N) is 5. The van der Waals surface area contributed by atoms with Gasteiger partial charge in [0.2, 0.25) is 0 Å². The number of aryl methyl sites for hydroxylation is 2. The van der Waals surface area contributed by atoms with Crippen molar-refractivity contribution in [3.63, 3.8) is 0 Å². The number of aromatic nitrogens is 5. The molecule has 0 atom stereocenters. The third-order valence-corrected chi connectivity index (χ3v) is 4.27. The predicted octanol–water partition coefficient (Wildman–Crippen LogP) is 1.54. The van der Waals surface area contributed by atoms with E-state index in [4.69, 9.17) is 5.11 Å². The minimum absolute atomic E-state index is 0.0145. The number of hydrogen-bond donors (Lipinski definition) is 2. The molecule has 124 valence electrons. The molecule has 1 amide bonds. The predicted molar refractivity (Wildman–Crippen MR) is 87.2 cm³/mol. The molecule has 24 heavy (non-hydrogen) atoms. The van der Waals surface area contributed by atoms with E-state index in [0.717, 1.165) is 11.3 Å². The van der Waals surface area contributed by atoms with Gasteiger partial charge in [-0.2, -0.15) is 10.2 Å². The van der Waals surface area contributed by atoms with Gasteiger partial charge in [0.25, 0.3) is 5.91 Å². The molecule has 3 aromatic rings. The second kappa shape index (κ2) is 5.89. The van der Waals surface area contributed by atoms with Crippen molar-refractivity contribution in [1.82, 2.24) is 24.5 Å². The molecule has 3 rings (SSSR count). The molecular formula is C14H14N6O3S. The number of thiazole rings is 1. The minimum atomic E-state index is -1.26. The molecule has 0 saturated carbocycles. The molecule has 3 heterocycles. The lowest BCUT2D eigenvalue weighted by atomic mass is 10.2. The standard InChI is InChI=1S/C14H14N6O3S/c1-7-8(4-15-20(7)3)10-6-24-14(16-10)17-12(21)9-5-19(2)18-11(9)13(22)23/h4-6H,1-3H3,(H,22,23)(H,16,17,21). The van der Waals surface area contributed by atoms with Gasteiger partial charge in [-0.25, -0.2) is 9.78 Å². The van der Waals surface area contributed by atoms with Crippen LogP contribution < -0.4 is 5.32 Å². The van der Waals surface area contributed by atoms with Crippen molar-refractivity contribution in [3.05, 3.63) is 34.7 Å². The van der Waals surface area contributed by atoms with E-state index in [-0.39, 0.29) is 11.3 Å². The van der Waals surface area contributed by atoms with Crippen LogP contribution in [0.2, 0.25) is 0 Å². The number of amides is 1. The molecular weight excluding hydrogens is 332 g/mol. The van der Waals surface area contributed by atoms with Crippen molar-refractivity contribution in [2.45, 2.75) is 6.92 Å². The van der Waals surface area contributed by atoms with Gasteiger partial charge in [-0.3, -0.25) is 19.5 Å². The van der Waals surface area contributed by atoms with Crippen LogP contribution in [0.1, 0.15) is 26.5 Å². The molecule has 0 bridgehead atoms. The molecule has 0 radical (unpaired) electrons. The highest BCUT2D eigenvalue weighted by Gasteiger charge is 2.22. The lowest BCUT2D eigenvalue weighted by Crippen LogP contribution is -2.15. The normalized spacial score (nSPS) is 10.8. The average Bonchev–Trinajstić information content (AvgIpc) is 3.20. The highest BCUT2D eigenvalue weighted by molar-refractivity contribution is 7.14. The lowest BCUT2D eigenvalue weighted by Gasteiger charge is -2.00. The van der Waals surface area contributed by atoms with Crippen LogP contribution >= 0.6 is 11.3 Å². The van der Waals surface area contributed by atoms with Crippen LogP contribution in [-0.2, 0) is 14.1 Å². The van der Waals surface area contributed by atoms with Crippen molar-refractivity contribution in [3.8, 4) is 11.3 Å². The summed E-state index contributed by atoms with van der Waals surface area (Å²) in [5.74, 6) is -1.82. The summed E-state index contributed by atoms with van der Waals surface area (Å²) in [6.07, 6.45) is 3.07. The van der Waals surface area contributed by atoms with Crippen LogP contribution in [0.3, 0.4) is 0 Å². The largest absolute Gasteiger partial charge is 0.476 e. The van der Waals surface area contributed by atoms with Crippen molar-refractivity contribution in [1.29, 1.82) is 0 Å². The summed E-state index contributed by atoms with van der Waals surface area (Å²) < 4.78 is 3.02. The average molecular weight is 346 g/mol. The maximum Gasteiger partial charge on any atom is 0.357 e. The first kappa shape index (κ1) is 15.9. The fraction of sp³-hybridized carbons (Fsp3) is 0.214. The van der Waals surface area contributed by atoms with Gasteiger partial charge in [0.15, 0.2) is 10.8 Å². The van der Waals surface area contributed by atoms with E-state index in [0.29, 0.717) is 10.8 Å². The third kappa shape index (κ3) is 2.78. The number of carbonyl (C=O) groups is 2. The Balaban J connectivity index is 1.84. The number of carboxylic acids is 1. The maximum absolute atomic E-state index is 12.3. The zero-order chi connectivity index (χ0) is 17.4. The number of rotatable bonds is 4. The quantitative estimate of drug-likeness (QED) is 0.740. The summed E-state index contributed by atoms with van der Waals surface area (Å²) in [6.45, 7) is 1.93. The Hall–Kier alpha value is -3.01. The molecule has 9 nitrogen and oxygen atoms in total. The first-order valence-corrected chi connectivity index (χ1v) is 7.77. The van der Waals surface area contributed by atoms with E-state index in [9.17, 15) is 9.59 Å². The highest BCUT2D eigenvalue weighted by Crippen LogP contribution is 2.27. The van der Waals surface area contributed by atoms with Crippen LogP contribution in [0.4, 0.5) is 5.13 Å². The Bertz CT molecular complexity index is 938. The van der Waals surface area contributed by atoms with Gasteiger partial charge in [-0.15, -0.1) is 11.3 Å². The fourth-order valence-electron chi connectivity index (χ4n) is 2.18. The first-order chi connectivity index (χ1) is 11.4. The van der Waals surface area contributed by atoms with E-state index in [1.165, 1.54) is 22.2 Å². The van der Waals surface area contributed by atoms with Crippen molar-refractivity contribution in [2.24, 2.45) is 14.1 Å². The van der Waals surface area contributed by atoms with Crippen molar-refractivity contribution in [2.75, 3.05) is 5.32 Å². The van der Waals surface area contributed by atoms with E-state index >= 15 is 0 Å². The first-order valence-electron chi connectivity index (χ1n) is 6.89. The van der Waals surface area contributed by atoms with Crippen LogP contribution in [0.25, 0.3) is 11.3 Å². The summed E-state index contributed by atoms with van der Waals surface area (Å²) in [7, 11) is 3.39. The van der Waals surface area contributed by atoms with Gasteiger partial charge in [0.05, 0.1) is 17.5 Å². The number of carboxylic acid groups (broad SMARTS) is 1. The minimum Gasteiger partial charge on any atom is -0.476 e. The summed E-state index contributed by atoms with van der Waals surface area (Å²) in [4.78, 5) is 27.8. The molecule has 0 unspecified atom stereocenters. The summed E-state index contributed by atoms with van der Waals surface area (Å²) in [5.41, 5.74) is 2.22. The number of nitrogens with one attached hydrogen (secondary N) is 1. The molecule has 0 aromatic carbocycles. The Morgan fingerprint density at radius 1 is 1.33 bits per heavy atom. The topological polar surface area (TPSA) is 115 Å². The van der Waals surface area contributed by atoms with E-state index in [1.807, 2.05) is 14.0 Å². The van der Waals surface area contributed by atoms with Crippen LogP contribution in [0, 0.1) is 6.92 Å². The number of hydrogen-bond acceptors (Lipinski definition) is 6. The van der Waals surface area contributed by atoms with E-state index in [2.05, 4.69) is 20.5 Å². The van der Waals surface area contributed by atoms with Crippen molar-refractivity contribution < 1.29 is 14.7 Å². The zero-order valence-corrected chi connectivity index (χ0v) is 14.0. The molecule has 0 fully saturated rings. The molecule has 3 aromatic heterocycles. The molecule has 0 aliphatic carbocycles. The number of anilines is 1. The number of carbonyl (C=O) groups excluding carboxylic acids is 1. The van der Waals surface area contributed by atoms with Gasteiger partial charge < -0.3 is 5.11 Å². The second-order valence-electron chi connectivity index (χ2n) is 5.13. The van der Waals surface area contributed by atoms with E-state index < -0.39 is 11.9 Å². The summed E-state index contributed by atoms with van der Waals surface area (Å²) in [6, 6.07) is 0. The van der Waals surface area contributed by atoms with Gasteiger partial charge in [0.1, 0.15) is 0 Å². The molecule has 0 aliphatic heterocycles. The van der Waals surface area contributed by atoms with Gasteiger partial charge in [-0.05, 0) is 6.92 Å². The van der Waals surface area contributed by atoms with Gasteiger partial charge in [-0.1, -0.05) is 0 Å². The van der Waals surface area contributed by atoms with Gasteiger partial charge >= 0.3 is 5.97 Å².